The van der Waals surface area contributed by atoms with Crippen molar-refractivity contribution >= 4 is 15.9 Å². The standard InChI is InChI=1S/C22H28N2O4S/c1-15-11-16(2)21(17(3)12-15)29(26,27)24-10-6-8-19(24)14-23-22(25)18-7-5-9-20(13-18)28-4/h5,7,9,11-13,19H,6,8,10,14H2,1-4H3,(H,23,25). The number of hydrogen-bond donors (Lipinski definition) is 1. The minimum Gasteiger partial charge on any atom is -0.497 e. The Morgan fingerprint density at radius 2 is 1.86 bits per heavy atom. The summed E-state index contributed by atoms with van der Waals surface area (Å²) >= 11 is 0. The van der Waals surface area contributed by atoms with Crippen LogP contribution in [-0.2, 0) is 10.0 Å². The third-order valence-electron chi connectivity index (χ3n) is 5.32. The third-order valence-corrected chi connectivity index (χ3v) is 7.58. The number of amides is 1. The van der Waals surface area contributed by atoms with Crippen molar-refractivity contribution in [2.45, 2.75) is 44.6 Å². The molecule has 0 spiro atoms. The number of methoxy groups -OCH3 is 1. The first-order valence-electron chi connectivity index (χ1n) is 9.76. The molecule has 0 radical (unpaired) electrons. The van der Waals surface area contributed by atoms with Crippen LogP contribution in [0.4, 0.5) is 0 Å². The van der Waals surface area contributed by atoms with Gasteiger partial charge in [-0.1, -0.05) is 23.8 Å². The summed E-state index contributed by atoms with van der Waals surface area (Å²) in [6.07, 6.45) is 1.50. The molecule has 0 bridgehead atoms. The maximum Gasteiger partial charge on any atom is 0.251 e. The molecule has 156 valence electrons. The molecule has 1 heterocycles. The van der Waals surface area contributed by atoms with Crippen LogP contribution in [0.2, 0.25) is 0 Å². The predicted octanol–water partition coefficient (Wildman–Crippen LogP) is 3.20. The minimum atomic E-state index is -3.63. The summed E-state index contributed by atoms with van der Waals surface area (Å²) in [4.78, 5) is 12.9. The minimum absolute atomic E-state index is 0.240. The quantitative estimate of drug-likeness (QED) is 0.785. The first-order chi connectivity index (χ1) is 13.7. The van der Waals surface area contributed by atoms with E-state index >= 15 is 0 Å². The molecule has 6 nitrogen and oxygen atoms in total. The van der Waals surface area contributed by atoms with E-state index < -0.39 is 10.0 Å². The normalized spacial score (nSPS) is 17.3. The van der Waals surface area contributed by atoms with E-state index in [0.29, 0.717) is 22.8 Å². The number of carbonyl (C=O) groups excluding carboxylic acids is 1. The SMILES string of the molecule is COc1cccc(C(=O)NCC2CCCN2S(=O)(=O)c2c(C)cc(C)cc2C)c1. The molecule has 3 rings (SSSR count). The van der Waals surface area contributed by atoms with E-state index in [1.165, 1.54) is 0 Å². The second-order valence-electron chi connectivity index (χ2n) is 7.58. The lowest BCUT2D eigenvalue weighted by molar-refractivity contribution is 0.0946. The van der Waals surface area contributed by atoms with Crippen molar-refractivity contribution in [2.24, 2.45) is 0 Å². The Labute approximate surface area is 172 Å². The lowest BCUT2D eigenvalue weighted by atomic mass is 10.1. The molecule has 1 N–H and O–H groups in total. The molecule has 1 aliphatic heterocycles. The Morgan fingerprint density at radius 3 is 2.52 bits per heavy atom. The number of nitrogens with one attached hydrogen (secondary N) is 1. The third kappa shape index (κ3) is 4.46. The van der Waals surface area contributed by atoms with Crippen LogP contribution in [-0.4, -0.2) is 44.9 Å². The molecule has 1 aliphatic rings. The van der Waals surface area contributed by atoms with Crippen molar-refractivity contribution in [1.82, 2.24) is 9.62 Å². The number of sulfonamides is 1. The van der Waals surface area contributed by atoms with Gasteiger partial charge in [0.05, 0.1) is 12.0 Å². The highest BCUT2D eigenvalue weighted by molar-refractivity contribution is 7.89. The van der Waals surface area contributed by atoms with Crippen LogP contribution in [0.3, 0.4) is 0 Å². The van der Waals surface area contributed by atoms with E-state index in [9.17, 15) is 13.2 Å². The lowest BCUT2D eigenvalue weighted by Gasteiger charge is -2.26. The van der Waals surface area contributed by atoms with Crippen LogP contribution >= 0.6 is 0 Å². The highest BCUT2D eigenvalue weighted by Crippen LogP contribution is 2.30. The van der Waals surface area contributed by atoms with Gasteiger partial charge in [-0.25, -0.2) is 8.42 Å². The topological polar surface area (TPSA) is 75.7 Å². The fraction of sp³-hybridized carbons (Fsp3) is 0.409. The number of rotatable bonds is 6. The van der Waals surface area contributed by atoms with Crippen LogP contribution in [0.15, 0.2) is 41.3 Å². The molecule has 2 aromatic rings. The molecule has 0 saturated carbocycles. The van der Waals surface area contributed by atoms with Crippen LogP contribution in [0, 0.1) is 20.8 Å². The monoisotopic (exact) mass is 416 g/mol. The first-order valence-corrected chi connectivity index (χ1v) is 11.2. The van der Waals surface area contributed by atoms with E-state index in [1.807, 2.05) is 32.9 Å². The summed E-state index contributed by atoms with van der Waals surface area (Å²) in [5.41, 5.74) is 3.05. The summed E-state index contributed by atoms with van der Waals surface area (Å²) in [6.45, 7) is 6.38. The van der Waals surface area contributed by atoms with Gasteiger partial charge in [0.2, 0.25) is 10.0 Å². The van der Waals surface area contributed by atoms with Gasteiger partial charge >= 0.3 is 0 Å². The fourth-order valence-corrected chi connectivity index (χ4v) is 6.21. The van der Waals surface area contributed by atoms with E-state index in [4.69, 9.17) is 4.74 Å². The zero-order valence-electron chi connectivity index (χ0n) is 17.4. The summed E-state index contributed by atoms with van der Waals surface area (Å²) < 4.78 is 33.5. The van der Waals surface area contributed by atoms with Gasteiger partial charge in [0.1, 0.15) is 5.75 Å². The van der Waals surface area contributed by atoms with E-state index in [-0.39, 0.29) is 18.5 Å². The lowest BCUT2D eigenvalue weighted by Crippen LogP contribution is -2.43. The van der Waals surface area contributed by atoms with Crippen molar-refractivity contribution < 1.29 is 17.9 Å². The molecule has 2 aromatic carbocycles. The van der Waals surface area contributed by atoms with Crippen LogP contribution in [0.1, 0.15) is 39.9 Å². The Morgan fingerprint density at radius 1 is 1.17 bits per heavy atom. The van der Waals surface area contributed by atoms with Crippen molar-refractivity contribution in [1.29, 1.82) is 0 Å². The second kappa shape index (κ2) is 8.55. The smallest absolute Gasteiger partial charge is 0.251 e. The molecule has 0 aromatic heterocycles. The number of ether oxygens (including phenoxy) is 1. The molecule has 1 saturated heterocycles. The van der Waals surface area contributed by atoms with Crippen molar-refractivity contribution in [3.8, 4) is 5.75 Å². The molecule has 1 amide bonds. The summed E-state index contributed by atoms with van der Waals surface area (Å²) in [7, 11) is -2.08. The highest BCUT2D eigenvalue weighted by Gasteiger charge is 2.37. The van der Waals surface area contributed by atoms with Crippen LogP contribution in [0.25, 0.3) is 0 Å². The zero-order chi connectivity index (χ0) is 21.2. The van der Waals surface area contributed by atoms with Gasteiger partial charge in [-0.15, -0.1) is 0 Å². The summed E-state index contributed by atoms with van der Waals surface area (Å²) in [5, 5.41) is 2.88. The maximum atomic E-state index is 13.4. The van der Waals surface area contributed by atoms with Crippen molar-refractivity contribution in [3.05, 3.63) is 58.7 Å². The number of hydrogen-bond acceptors (Lipinski definition) is 4. The van der Waals surface area contributed by atoms with E-state index in [2.05, 4.69) is 5.32 Å². The second-order valence-corrected chi connectivity index (χ2v) is 9.41. The van der Waals surface area contributed by atoms with Crippen LogP contribution < -0.4 is 10.1 Å². The van der Waals surface area contributed by atoms with Gasteiger partial charge in [-0.05, 0) is 62.9 Å². The average molecular weight is 417 g/mol. The Bertz CT molecular complexity index is 994. The number of aryl methyl sites for hydroxylation is 3. The molecule has 0 aliphatic carbocycles. The molecule has 1 fully saturated rings. The number of benzene rings is 2. The molecule has 7 heteroatoms. The largest absolute Gasteiger partial charge is 0.497 e. The van der Waals surface area contributed by atoms with Gasteiger partial charge in [0, 0.05) is 24.7 Å². The molecule has 29 heavy (non-hydrogen) atoms. The fourth-order valence-electron chi connectivity index (χ4n) is 4.10. The number of carbonyl (C=O) groups is 1. The Kier molecular flexibility index (Phi) is 6.29. The number of nitrogens with zero attached hydrogens (tertiary/aromatic N) is 1. The average Bonchev–Trinajstić information content (AvgIpc) is 3.14. The van der Waals surface area contributed by atoms with E-state index in [1.54, 1.807) is 35.7 Å². The van der Waals surface area contributed by atoms with Crippen LogP contribution in [0.5, 0.6) is 5.75 Å². The zero-order valence-corrected chi connectivity index (χ0v) is 18.2. The van der Waals surface area contributed by atoms with E-state index in [0.717, 1.165) is 29.5 Å². The van der Waals surface area contributed by atoms with Crippen molar-refractivity contribution in [3.63, 3.8) is 0 Å². The Balaban J connectivity index is 1.77. The summed E-state index contributed by atoms with van der Waals surface area (Å²) in [5.74, 6) is 0.365. The van der Waals surface area contributed by atoms with Crippen molar-refractivity contribution in [2.75, 3.05) is 20.2 Å². The van der Waals surface area contributed by atoms with Gasteiger partial charge in [0.25, 0.3) is 5.91 Å². The molecular formula is C22H28N2O4S. The Hall–Kier alpha value is -2.38. The van der Waals surface area contributed by atoms with Gasteiger partial charge < -0.3 is 10.1 Å². The van der Waals surface area contributed by atoms with Gasteiger partial charge in [0.15, 0.2) is 0 Å². The summed E-state index contributed by atoms with van der Waals surface area (Å²) in [6, 6.07) is 10.4. The molecule has 1 atom stereocenters. The molecule has 1 unspecified atom stereocenters. The first kappa shape index (κ1) is 21.3. The molecular weight excluding hydrogens is 388 g/mol. The predicted molar refractivity (Wildman–Crippen MR) is 113 cm³/mol. The maximum absolute atomic E-state index is 13.4. The van der Waals surface area contributed by atoms with Gasteiger partial charge in [-0.2, -0.15) is 4.31 Å². The highest BCUT2D eigenvalue weighted by atomic mass is 32.2. The van der Waals surface area contributed by atoms with Gasteiger partial charge in [-0.3, -0.25) is 4.79 Å².